The van der Waals surface area contributed by atoms with Gasteiger partial charge in [0.2, 0.25) is 0 Å². The predicted octanol–water partition coefficient (Wildman–Crippen LogP) is 1.65. The normalized spacial score (nSPS) is 14.5. The maximum atomic E-state index is 12.4. The highest BCUT2D eigenvalue weighted by molar-refractivity contribution is 7.90. The Morgan fingerprint density at radius 2 is 1.94 bits per heavy atom. The van der Waals surface area contributed by atoms with Crippen LogP contribution in [0.5, 0.6) is 0 Å². The number of halogens is 3. The van der Waals surface area contributed by atoms with Crippen molar-refractivity contribution in [1.82, 2.24) is 0 Å². The van der Waals surface area contributed by atoms with Crippen molar-refractivity contribution in [1.29, 1.82) is 0 Å². The summed E-state index contributed by atoms with van der Waals surface area (Å²) < 4.78 is 59.1. The Hall–Kier alpha value is -1.08. The van der Waals surface area contributed by atoms with Gasteiger partial charge in [0.25, 0.3) is 0 Å². The van der Waals surface area contributed by atoms with E-state index in [4.69, 9.17) is 0 Å². The number of benzene rings is 1. The summed E-state index contributed by atoms with van der Waals surface area (Å²) in [5.74, 6) is -0.469. The number of aliphatic hydroxyl groups excluding tert-OH is 1. The van der Waals surface area contributed by atoms with Crippen molar-refractivity contribution in [2.75, 3.05) is 12.0 Å². The van der Waals surface area contributed by atoms with Gasteiger partial charge in [-0.1, -0.05) is 18.2 Å². The average molecular weight is 282 g/mol. The molecule has 0 radical (unpaired) electrons. The molecular formula is C11H13F3O3S. The molecule has 0 saturated heterocycles. The first-order valence-corrected chi connectivity index (χ1v) is 7.16. The monoisotopic (exact) mass is 282 g/mol. The number of sulfone groups is 1. The van der Waals surface area contributed by atoms with Gasteiger partial charge < -0.3 is 5.11 Å². The molecule has 0 aliphatic carbocycles. The Morgan fingerprint density at radius 3 is 2.44 bits per heavy atom. The molecule has 1 rings (SSSR count). The molecule has 0 aliphatic heterocycles. The van der Waals surface area contributed by atoms with Crippen molar-refractivity contribution in [2.24, 2.45) is 0 Å². The topological polar surface area (TPSA) is 54.4 Å². The van der Waals surface area contributed by atoms with Crippen LogP contribution < -0.4 is 0 Å². The average Bonchev–Trinajstić information content (AvgIpc) is 2.13. The van der Waals surface area contributed by atoms with Crippen LogP contribution in [0.2, 0.25) is 0 Å². The highest BCUT2D eigenvalue weighted by atomic mass is 32.2. The van der Waals surface area contributed by atoms with Gasteiger partial charge in [0.05, 0.1) is 17.4 Å². The standard InChI is InChI=1S/C11H13F3O3S/c1-18(16,17)7-10(15)6-8-3-2-4-9(5-8)11(12,13)14/h2-5,10,15H,6-7H2,1H3. The first kappa shape index (κ1) is 15.0. The molecular weight excluding hydrogens is 269 g/mol. The van der Waals surface area contributed by atoms with Gasteiger partial charge >= 0.3 is 6.18 Å². The van der Waals surface area contributed by atoms with E-state index in [2.05, 4.69) is 0 Å². The minimum atomic E-state index is -4.45. The number of hydrogen-bond donors (Lipinski definition) is 1. The maximum Gasteiger partial charge on any atom is 0.416 e. The van der Waals surface area contributed by atoms with Crippen molar-refractivity contribution in [2.45, 2.75) is 18.7 Å². The number of alkyl halides is 3. The summed E-state index contributed by atoms with van der Waals surface area (Å²) in [5, 5.41) is 9.47. The molecule has 1 aromatic rings. The van der Waals surface area contributed by atoms with Crippen LogP contribution in [0, 0.1) is 0 Å². The lowest BCUT2D eigenvalue weighted by atomic mass is 10.1. The molecule has 102 valence electrons. The number of aliphatic hydroxyl groups is 1. The third-order valence-electron chi connectivity index (χ3n) is 2.22. The fraction of sp³-hybridized carbons (Fsp3) is 0.455. The van der Waals surface area contributed by atoms with E-state index in [0.717, 1.165) is 18.4 Å². The third-order valence-corrected chi connectivity index (χ3v) is 3.21. The molecule has 1 aromatic carbocycles. The molecule has 7 heteroatoms. The first-order chi connectivity index (χ1) is 8.08. The molecule has 0 amide bonds. The lowest BCUT2D eigenvalue weighted by Crippen LogP contribution is -2.22. The van der Waals surface area contributed by atoms with Crippen LogP contribution >= 0.6 is 0 Å². The molecule has 0 fully saturated rings. The van der Waals surface area contributed by atoms with Crippen molar-refractivity contribution in [3.63, 3.8) is 0 Å². The van der Waals surface area contributed by atoms with E-state index in [-0.39, 0.29) is 12.0 Å². The van der Waals surface area contributed by atoms with Crippen LogP contribution in [0.1, 0.15) is 11.1 Å². The SMILES string of the molecule is CS(=O)(=O)CC(O)Cc1cccc(C(F)(F)F)c1. The van der Waals surface area contributed by atoms with Crippen LogP contribution in [0.15, 0.2) is 24.3 Å². The molecule has 1 atom stereocenters. The summed E-state index contributed by atoms with van der Waals surface area (Å²) >= 11 is 0. The fourth-order valence-electron chi connectivity index (χ4n) is 1.56. The van der Waals surface area contributed by atoms with Gasteiger partial charge in [-0.3, -0.25) is 0 Å². The van der Waals surface area contributed by atoms with E-state index in [1.54, 1.807) is 0 Å². The smallest absolute Gasteiger partial charge is 0.392 e. The molecule has 18 heavy (non-hydrogen) atoms. The van der Waals surface area contributed by atoms with Crippen molar-refractivity contribution >= 4 is 9.84 Å². The van der Waals surface area contributed by atoms with E-state index >= 15 is 0 Å². The van der Waals surface area contributed by atoms with Gasteiger partial charge in [-0.05, 0) is 18.1 Å². The second-order valence-electron chi connectivity index (χ2n) is 4.15. The summed E-state index contributed by atoms with van der Waals surface area (Å²) in [6, 6.07) is 4.48. The van der Waals surface area contributed by atoms with Gasteiger partial charge in [-0.25, -0.2) is 8.42 Å². The minimum absolute atomic E-state index is 0.128. The largest absolute Gasteiger partial charge is 0.416 e. The second-order valence-corrected chi connectivity index (χ2v) is 6.33. The van der Waals surface area contributed by atoms with Crippen LogP contribution in [-0.2, 0) is 22.4 Å². The molecule has 1 unspecified atom stereocenters. The van der Waals surface area contributed by atoms with Gasteiger partial charge in [0, 0.05) is 6.26 Å². The lowest BCUT2D eigenvalue weighted by molar-refractivity contribution is -0.137. The van der Waals surface area contributed by atoms with Gasteiger partial charge in [-0.2, -0.15) is 13.2 Å². The zero-order chi connectivity index (χ0) is 14.0. The predicted molar refractivity (Wildman–Crippen MR) is 60.9 cm³/mol. The lowest BCUT2D eigenvalue weighted by Gasteiger charge is -2.11. The van der Waals surface area contributed by atoms with Gasteiger partial charge in [0.1, 0.15) is 9.84 Å². The molecule has 0 aromatic heterocycles. The van der Waals surface area contributed by atoms with Gasteiger partial charge in [-0.15, -0.1) is 0 Å². The van der Waals surface area contributed by atoms with E-state index in [1.165, 1.54) is 12.1 Å². The Balaban J connectivity index is 2.80. The summed E-state index contributed by atoms with van der Waals surface area (Å²) in [6.45, 7) is 0. The third kappa shape index (κ3) is 5.05. The van der Waals surface area contributed by atoms with E-state index in [1.807, 2.05) is 0 Å². The maximum absolute atomic E-state index is 12.4. The van der Waals surface area contributed by atoms with Crippen LogP contribution in [-0.4, -0.2) is 31.6 Å². The van der Waals surface area contributed by atoms with Crippen molar-refractivity contribution in [3.05, 3.63) is 35.4 Å². The fourth-order valence-corrected chi connectivity index (χ4v) is 2.37. The highest BCUT2D eigenvalue weighted by Gasteiger charge is 2.30. The van der Waals surface area contributed by atoms with Crippen molar-refractivity contribution < 1.29 is 26.7 Å². The van der Waals surface area contributed by atoms with E-state index in [0.29, 0.717) is 0 Å². The second kappa shape index (κ2) is 5.27. The Kier molecular flexibility index (Phi) is 4.39. The molecule has 0 heterocycles. The molecule has 3 nitrogen and oxygen atoms in total. The Morgan fingerprint density at radius 1 is 1.33 bits per heavy atom. The summed E-state index contributed by atoms with van der Waals surface area (Å²) in [4.78, 5) is 0. The summed E-state index contributed by atoms with van der Waals surface area (Å²) in [7, 11) is -3.35. The Bertz CT molecular complexity index is 509. The number of hydrogen-bond acceptors (Lipinski definition) is 3. The summed E-state index contributed by atoms with van der Waals surface area (Å²) in [6.07, 6.45) is -4.82. The molecule has 0 saturated carbocycles. The molecule has 0 spiro atoms. The molecule has 1 N–H and O–H groups in total. The minimum Gasteiger partial charge on any atom is -0.392 e. The zero-order valence-electron chi connectivity index (χ0n) is 9.61. The molecule has 0 aliphatic rings. The molecule has 0 bridgehead atoms. The highest BCUT2D eigenvalue weighted by Crippen LogP contribution is 2.29. The quantitative estimate of drug-likeness (QED) is 0.913. The van der Waals surface area contributed by atoms with Crippen molar-refractivity contribution in [3.8, 4) is 0 Å². The summed E-state index contributed by atoms with van der Waals surface area (Å²) in [5.41, 5.74) is -0.562. The number of rotatable bonds is 4. The zero-order valence-corrected chi connectivity index (χ0v) is 10.4. The van der Waals surface area contributed by atoms with Gasteiger partial charge in [0.15, 0.2) is 0 Å². The van der Waals surface area contributed by atoms with E-state index in [9.17, 15) is 26.7 Å². The first-order valence-electron chi connectivity index (χ1n) is 5.10. The van der Waals surface area contributed by atoms with Crippen LogP contribution in [0.3, 0.4) is 0 Å². The van der Waals surface area contributed by atoms with E-state index < -0.39 is 33.4 Å². The van der Waals surface area contributed by atoms with Crippen LogP contribution in [0.4, 0.5) is 13.2 Å². The Labute approximate surface area is 103 Å². The van der Waals surface area contributed by atoms with Crippen LogP contribution in [0.25, 0.3) is 0 Å².